The minimum atomic E-state index is -0.145. The summed E-state index contributed by atoms with van der Waals surface area (Å²) in [5.74, 6) is 0. The van der Waals surface area contributed by atoms with Crippen molar-refractivity contribution in [2.45, 2.75) is 13.3 Å². The van der Waals surface area contributed by atoms with Gasteiger partial charge in [-0.25, -0.2) is 4.68 Å². The maximum absolute atomic E-state index is 11.8. The molecule has 0 spiro atoms. The van der Waals surface area contributed by atoms with Crippen molar-refractivity contribution >= 4 is 32.5 Å². The number of nitrogens with one attached hydrogen (secondary N) is 2. The zero-order valence-electron chi connectivity index (χ0n) is 12.5. The van der Waals surface area contributed by atoms with Crippen LogP contribution in [0.1, 0.15) is 11.3 Å². The molecule has 0 aliphatic rings. The number of rotatable bonds is 4. The molecule has 0 fully saturated rings. The van der Waals surface area contributed by atoms with Crippen molar-refractivity contribution in [3.63, 3.8) is 0 Å². The van der Waals surface area contributed by atoms with Crippen molar-refractivity contribution in [3.8, 4) is 0 Å². The van der Waals surface area contributed by atoms with Crippen molar-refractivity contribution in [3.05, 3.63) is 56.5 Å². The molecule has 6 heteroatoms. The monoisotopic (exact) mass is 360 g/mol. The molecule has 0 atom stereocenters. The number of anilines is 1. The van der Waals surface area contributed by atoms with E-state index in [0.717, 1.165) is 24.2 Å². The minimum absolute atomic E-state index is 0.145. The van der Waals surface area contributed by atoms with Crippen molar-refractivity contribution < 1.29 is 0 Å². The maximum Gasteiger partial charge on any atom is 0.282 e. The molecule has 0 radical (unpaired) electrons. The van der Waals surface area contributed by atoms with Crippen LogP contribution in [0.5, 0.6) is 0 Å². The molecule has 0 unspecified atom stereocenters. The zero-order chi connectivity index (χ0) is 15.7. The molecule has 2 N–H and O–H groups in total. The predicted molar refractivity (Wildman–Crippen MR) is 92.4 cm³/mol. The highest BCUT2D eigenvalue weighted by molar-refractivity contribution is 9.10. The van der Waals surface area contributed by atoms with E-state index >= 15 is 0 Å². The van der Waals surface area contributed by atoms with E-state index in [1.807, 2.05) is 12.1 Å². The quantitative estimate of drug-likeness (QED) is 0.751. The van der Waals surface area contributed by atoms with Gasteiger partial charge >= 0.3 is 0 Å². The number of aromatic amines is 1. The van der Waals surface area contributed by atoms with Crippen molar-refractivity contribution in [1.82, 2.24) is 14.8 Å². The highest BCUT2D eigenvalue weighted by Gasteiger charge is 2.09. The molecule has 1 aromatic carbocycles. The minimum Gasteiger partial charge on any atom is -0.382 e. The van der Waals surface area contributed by atoms with E-state index in [9.17, 15) is 4.79 Å². The van der Waals surface area contributed by atoms with Crippen LogP contribution in [0, 0.1) is 6.92 Å². The molecule has 22 heavy (non-hydrogen) atoms. The van der Waals surface area contributed by atoms with Crippen LogP contribution in [-0.4, -0.2) is 21.3 Å². The molecule has 2 aromatic heterocycles. The third-order valence-electron chi connectivity index (χ3n) is 3.80. The average molecular weight is 361 g/mol. The SMILES string of the molecule is Cc1[nH]c2ccccc2c1CCNc1cnn(C)c(=O)c1Br. The molecule has 5 nitrogen and oxygen atoms in total. The summed E-state index contributed by atoms with van der Waals surface area (Å²) >= 11 is 3.32. The number of halogens is 1. The van der Waals surface area contributed by atoms with Crippen molar-refractivity contribution in [2.24, 2.45) is 7.05 Å². The number of nitrogens with zero attached hydrogens (tertiary/aromatic N) is 2. The van der Waals surface area contributed by atoms with Crippen molar-refractivity contribution in [1.29, 1.82) is 0 Å². The highest BCUT2D eigenvalue weighted by Crippen LogP contribution is 2.22. The molecular formula is C16H17BrN4O. The van der Waals surface area contributed by atoms with E-state index in [4.69, 9.17) is 0 Å². The Hall–Kier alpha value is -2.08. The molecule has 114 valence electrons. The van der Waals surface area contributed by atoms with Gasteiger partial charge in [-0.1, -0.05) is 18.2 Å². The maximum atomic E-state index is 11.8. The third-order valence-corrected chi connectivity index (χ3v) is 4.56. The molecular weight excluding hydrogens is 344 g/mol. The largest absolute Gasteiger partial charge is 0.382 e. The lowest BCUT2D eigenvalue weighted by Crippen LogP contribution is -2.21. The molecule has 0 aliphatic heterocycles. The van der Waals surface area contributed by atoms with Gasteiger partial charge in [0.05, 0.1) is 11.9 Å². The molecule has 0 amide bonds. The fourth-order valence-electron chi connectivity index (χ4n) is 2.61. The normalized spacial score (nSPS) is 11.0. The Morgan fingerprint density at radius 3 is 2.95 bits per heavy atom. The standard InChI is InChI=1S/C16H17BrN4O/c1-10-11(12-5-3-4-6-13(12)20-10)7-8-18-14-9-19-21(2)16(22)15(14)17/h3-6,9,18,20H,7-8H2,1-2H3. The van der Waals surface area contributed by atoms with Gasteiger partial charge in [-0.3, -0.25) is 4.79 Å². The summed E-state index contributed by atoms with van der Waals surface area (Å²) in [6.45, 7) is 2.82. The average Bonchev–Trinajstić information content (AvgIpc) is 2.83. The molecule has 0 saturated heterocycles. The van der Waals surface area contributed by atoms with Gasteiger partial charge in [0.25, 0.3) is 5.56 Å². The lowest BCUT2D eigenvalue weighted by molar-refractivity contribution is 0.703. The summed E-state index contributed by atoms with van der Waals surface area (Å²) in [4.78, 5) is 15.2. The van der Waals surface area contributed by atoms with Gasteiger partial charge in [0.2, 0.25) is 0 Å². The van der Waals surface area contributed by atoms with Gasteiger partial charge < -0.3 is 10.3 Å². The van der Waals surface area contributed by atoms with Gasteiger partial charge in [0, 0.05) is 30.2 Å². The van der Waals surface area contributed by atoms with E-state index in [0.29, 0.717) is 4.47 Å². The first-order valence-electron chi connectivity index (χ1n) is 7.10. The summed E-state index contributed by atoms with van der Waals surface area (Å²) in [5, 5.41) is 8.56. The van der Waals surface area contributed by atoms with Crippen LogP contribution in [0.2, 0.25) is 0 Å². The Balaban J connectivity index is 1.77. The van der Waals surface area contributed by atoms with Crippen LogP contribution >= 0.6 is 15.9 Å². The predicted octanol–water partition coefficient (Wildman–Crippen LogP) is 2.99. The second-order valence-electron chi connectivity index (χ2n) is 5.25. The van der Waals surface area contributed by atoms with E-state index in [1.165, 1.54) is 21.3 Å². The Labute approximate surface area is 136 Å². The second-order valence-corrected chi connectivity index (χ2v) is 6.04. The first-order chi connectivity index (χ1) is 10.6. The number of H-pyrrole nitrogens is 1. The van der Waals surface area contributed by atoms with Gasteiger partial charge in [0.15, 0.2) is 0 Å². The molecule has 0 aliphatic carbocycles. The number of benzene rings is 1. The number of aromatic nitrogens is 3. The third kappa shape index (κ3) is 2.66. The first-order valence-corrected chi connectivity index (χ1v) is 7.89. The molecule has 2 heterocycles. The van der Waals surface area contributed by atoms with E-state index in [1.54, 1.807) is 13.2 Å². The Morgan fingerprint density at radius 2 is 2.14 bits per heavy atom. The second kappa shape index (κ2) is 5.96. The van der Waals surface area contributed by atoms with E-state index < -0.39 is 0 Å². The number of para-hydroxylation sites is 1. The summed E-state index contributed by atoms with van der Waals surface area (Å²) < 4.78 is 1.82. The van der Waals surface area contributed by atoms with Crippen LogP contribution in [0.25, 0.3) is 10.9 Å². The number of hydrogen-bond donors (Lipinski definition) is 2. The lowest BCUT2D eigenvalue weighted by atomic mass is 10.1. The Morgan fingerprint density at radius 1 is 1.36 bits per heavy atom. The summed E-state index contributed by atoms with van der Waals surface area (Å²) in [6, 6.07) is 8.29. The number of hydrogen-bond acceptors (Lipinski definition) is 3. The lowest BCUT2D eigenvalue weighted by Gasteiger charge is -2.09. The van der Waals surface area contributed by atoms with Crippen LogP contribution in [-0.2, 0) is 13.5 Å². The molecule has 3 rings (SSSR count). The fraction of sp³-hybridized carbons (Fsp3) is 0.250. The summed E-state index contributed by atoms with van der Waals surface area (Å²) in [5.41, 5.74) is 4.22. The van der Waals surface area contributed by atoms with E-state index in [-0.39, 0.29) is 5.56 Å². The van der Waals surface area contributed by atoms with Gasteiger partial charge in [-0.05, 0) is 40.9 Å². The Bertz CT molecular complexity index is 881. The molecule has 0 saturated carbocycles. The number of fused-ring (bicyclic) bond motifs is 1. The van der Waals surface area contributed by atoms with Crippen LogP contribution in [0.3, 0.4) is 0 Å². The number of aryl methyl sites for hydroxylation is 2. The van der Waals surface area contributed by atoms with Crippen LogP contribution in [0.15, 0.2) is 39.7 Å². The summed E-state index contributed by atoms with van der Waals surface area (Å²) in [7, 11) is 1.63. The van der Waals surface area contributed by atoms with Crippen molar-refractivity contribution in [2.75, 3.05) is 11.9 Å². The first kappa shape index (κ1) is 14.8. The van der Waals surface area contributed by atoms with Crippen LogP contribution < -0.4 is 10.9 Å². The van der Waals surface area contributed by atoms with Gasteiger partial charge in [-0.15, -0.1) is 0 Å². The Kier molecular flexibility index (Phi) is 4.02. The zero-order valence-corrected chi connectivity index (χ0v) is 14.1. The fourth-order valence-corrected chi connectivity index (χ4v) is 3.11. The topological polar surface area (TPSA) is 62.7 Å². The molecule has 0 bridgehead atoms. The van der Waals surface area contributed by atoms with Gasteiger partial charge in [-0.2, -0.15) is 5.10 Å². The molecule has 3 aromatic rings. The summed E-state index contributed by atoms with van der Waals surface area (Å²) in [6.07, 6.45) is 2.53. The van der Waals surface area contributed by atoms with Gasteiger partial charge in [0.1, 0.15) is 4.47 Å². The highest BCUT2D eigenvalue weighted by atomic mass is 79.9. The smallest absolute Gasteiger partial charge is 0.282 e. The van der Waals surface area contributed by atoms with Crippen LogP contribution in [0.4, 0.5) is 5.69 Å². The van der Waals surface area contributed by atoms with E-state index in [2.05, 4.69) is 50.4 Å².